The molecule has 0 bridgehead atoms. The van der Waals surface area contributed by atoms with Crippen LogP contribution in [0.5, 0.6) is 23.0 Å². The van der Waals surface area contributed by atoms with Gasteiger partial charge in [0.25, 0.3) is 0 Å². The van der Waals surface area contributed by atoms with Crippen LogP contribution in [0, 0.1) is 11.8 Å². The van der Waals surface area contributed by atoms with Crippen molar-refractivity contribution in [1.82, 2.24) is 10.2 Å². The summed E-state index contributed by atoms with van der Waals surface area (Å²) in [5.74, 6) is 2.82. The molecule has 0 radical (unpaired) electrons. The summed E-state index contributed by atoms with van der Waals surface area (Å²) < 4.78 is 11.2. The Hall–Kier alpha value is -2.44. The van der Waals surface area contributed by atoms with E-state index in [9.17, 15) is 10.2 Å². The fraction of sp³-hybridized carbons (Fsp3) is 0.556. The number of aromatic hydroxyl groups is 2. The van der Waals surface area contributed by atoms with E-state index in [0.717, 1.165) is 67.9 Å². The van der Waals surface area contributed by atoms with E-state index < -0.39 is 0 Å². The molecule has 0 aliphatic carbocycles. The van der Waals surface area contributed by atoms with Gasteiger partial charge in [-0.1, -0.05) is 13.3 Å². The molecule has 2 aromatic rings. The molecule has 0 amide bonds. The highest BCUT2D eigenvalue weighted by atomic mass is 16.5. The zero-order valence-corrected chi connectivity index (χ0v) is 19.9. The van der Waals surface area contributed by atoms with Crippen LogP contribution < -0.4 is 14.8 Å². The molecule has 0 aromatic heterocycles. The lowest BCUT2D eigenvalue weighted by molar-refractivity contribution is 0.0434. The van der Waals surface area contributed by atoms with Crippen molar-refractivity contribution in [1.29, 1.82) is 0 Å². The Kier molecular flexibility index (Phi) is 6.14. The molecule has 3 heterocycles. The van der Waals surface area contributed by atoms with Crippen LogP contribution in [0.2, 0.25) is 0 Å². The van der Waals surface area contributed by atoms with E-state index in [1.807, 2.05) is 0 Å². The van der Waals surface area contributed by atoms with E-state index in [4.69, 9.17) is 9.47 Å². The second kappa shape index (κ2) is 9.07. The number of methoxy groups -OCH3 is 2. The lowest BCUT2D eigenvalue weighted by Gasteiger charge is -2.48. The van der Waals surface area contributed by atoms with Crippen LogP contribution in [0.25, 0.3) is 0 Å². The summed E-state index contributed by atoms with van der Waals surface area (Å²) in [6.45, 7) is 5.44. The maximum Gasteiger partial charge on any atom is 0.161 e. The number of phenols is 2. The van der Waals surface area contributed by atoms with Crippen molar-refractivity contribution < 1.29 is 19.7 Å². The van der Waals surface area contributed by atoms with Gasteiger partial charge in [0, 0.05) is 25.2 Å². The third-order valence-corrected chi connectivity index (χ3v) is 8.23. The highest BCUT2D eigenvalue weighted by molar-refractivity contribution is 5.50. The van der Waals surface area contributed by atoms with Crippen LogP contribution in [-0.2, 0) is 12.8 Å². The molecule has 6 nitrogen and oxygen atoms in total. The maximum absolute atomic E-state index is 10.1. The first kappa shape index (κ1) is 22.4. The van der Waals surface area contributed by atoms with Crippen LogP contribution >= 0.6 is 0 Å². The Labute approximate surface area is 196 Å². The van der Waals surface area contributed by atoms with E-state index in [2.05, 4.69) is 29.3 Å². The molecular formula is C27H36N2O4. The van der Waals surface area contributed by atoms with E-state index >= 15 is 0 Å². The number of ether oxygens (including phenoxy) is 2. The molecule has 0 saturated carbocycles. The smallest absolute Gasteiger partial charge is 0.161 e. The molecule has 178 valence electrons. The predicted octanol–water partition coefficient (Wildman–Crippen LogP) is 4.34. The standard InChI is InChI=1S/C27H36N2O4/c1-4-16-15-29-8-6-18-12-26(32-2)27(33-3)14-21(18)23(29)10-19(16)9-22-20-13-25(31)24(30)11-17(20)5-7-28-22/h11-14,16,19,22-23,28,30-31H,4-10,15H2,1-3H3/t16-,19+,22-,23-/m0/s1. The van der Waals surface area contributed by atoms with Gasteiger partial charge in [0.15, 0.2) is 23.0 Å². The minimum atomic E-state index is -0.0217. The number of benzene rings is 2. The fourth-order valence-electron chi connectivity index (χ4n) is 6.44. The quantitative estimate of drug-likeness (QED) is 0.586. The summed E-state index contributed by atoms with van der Waals surface area (Å²) in [6, 6.07) is 8.49. The molecule has 3 aliphatic heterocycles. The normalized spacial score (nSPS) is 26.8. The molecule has 3 N–H and O–H groups in total. The number of nitrogens with zero attached hydrogens (tertiary/aromatic N) is 1. The van der Waals surface area contributed by atoms with Crippen LogP contribution in [0.1, 0.15) is 60.5 Å². The summed E-state index contributed by atoms with van der Waals surface area (Å²) in [7, 11) is 3.41. The van der Waals surface area contributed by atoms with Crippen LogP contribution in [0.3, 0.4) is 0 Å². The average molecular weight is 453 g/mol. The largest absolute Gasteiger partial charge is 0.504 e. The Bertz CT molecular complexity index is 1020. The summed E-state index contributed by atoms with van der Waals surface area (Å²) in [5, 5.41) is 23.8. The average Bonchev–Trinajstić information content (AvgIpc) is 2.83. The van der Waals surface area contributed by atoms with Crippen LogP contribution in [0.15, 0.2) is 24.3 Å². The number of piperidine rings is 1. The Morgan fingerprint density at radius 3 is 2.42 bits per heavy atom. The summed E-state index contributed by atoms with van der Waals surface area (Å²) in [6.07, 6.45) is 5.27. The topological polar surface area (TPSA) is 74.2 Å². The molecule has 6 heteroatoms. The number of nitrogens with one attached hydrogen (secondary N) is 1. The molecular weight excluding hydrogens is 416 g/mol. The van der Waals surface area contributed by atoms with Crippen molar-refractivity contribution >= 4 is 0 Å². The number of fused-ring (bicyclic) bond motifs is 4. The van der Waals surface area contributed by atoms with Crippen LogP contribution in [-0.4, -0.2) is 49.0 Å². The van der Waals surface area contributed by atoms with Gasteiger partial charge in [-0.05, 0) is 90.6 Å². The third-order valence-electron chi connectivity index (χ3n) is 8.23. The SMILES string of the molecule is CC[C@H]1CN2CCc3cc(OC)c(OC)cc3[C@@H]2C[C@H]1C[C@@H]1NCCc2cc(O)c(O)cc21. The maximum atomic E-state index is 10.1. The molecule has 1 saturated heterocycles. The van der Waals surface area contributed by atoms with Crippen molar-refractivity contribution in [3.05, 3.63) is 46.5 Å². The van der Waals surface area contributed by atoms with Crippen molar-refractivity contribution in [3.63, 3.8) is 0 Å². The number of rotatable bonds is 5. The first-order valence-corrected chi connectivity index (χ1v) is 12.3. The van der Waals surface area contributed by atoms with Gasteiger partial charge in [0.2, 0.25) is 0 Å². The molecule has 5 rings (SSSR count). The zero-order chi connectivity index (χ0) is 23.1. The van der Waals surface area contributed by atoms with Crippen molar-refractivity contribution in [3.8, 4) is 23.0 Å². The van der Waals surface area contributed by atoms with Gasteiger partial charge < -0.3 is 25.0 Å². The second-order valence-corrected chi connectivity index (χ2v) is 9.86. The Morgan fingerprint density at radius 1 is 0.939 bits per heavy atom. The fourth-order valence-corrected chi connectivity index (χ4v) is 6.44. The first-order chi connectivity index (χ1) is 16.0. The number of hydrogen-bond acceptors (Lipinski definition) is 6. The van der Waals surface area contributed by atoms with Gasteiger partial charge in [0.1, 0.15) is 0 Å². The first-order valence-electron chi connectivity index (χ1n) is 12.3. The van der Waals surface area contributed by atoms with Gasteiger partial charge in [-0.3, -0.25) is 4.90 Å². The van der Waals surface area contributed by atoms with Crippen molar-refractivity contribution in [2.45, 2.75) is 51.1 Å². The minimum absolute atomic E-state index is 0.0164. The van der Waals surface area contributed by atoms with Gasteiger partial charge in [-0.2, -0.15) is 0 Å². The highest BCUT2D eigenvalue weighted by Crippen LogP contribution is 2.47. The van der Waals surface area contributed by atoms with Gasteiger partial charge in [0.05, 0.1) is 14.2 Å². The van der Waals surface area contributed by atoms with E-state index in [0.29, 0.717) is 17.9 Å². The zero-order valence-electron chi connectivity index (χ0n) is 19.9. The number of hydrogen-bond donors (Lipinski definition) is 3. The molecule has 4 atom stereocenters. The minimum Gasteiger partial charge on any atom is -0.504 e. The highest BCUT2D eigenvalue weighted by Gasteiger charge is 2.40. The molecule has 0 unspecified atom stereocenters. The summed E-state index contributed by atoms with van der Waals surface area (Å²) in [4.78, 5) is 2.67. The molecule has 1 fully saturated rings. The Balaban J connectivity index is 1.43. The molecule has 33 heavy (non-hydrogen) atoms. The summed E-state index contributed by atoms with van der Waals surface area (Å²) >= 11 is 0. The van der Waals surface area contributed by atoms with E-state index in [-0.39, 0.29) is 17.5 Å². The van der Waals surface area contributed by atoms with Crippen LogP contribution in [0.4, 0.5) is 0 Å². The monoisotopic (exact) mass is 452 g/mol. The second-order valence-electron chi connectivity index (χ2n) is 9.86. The molecule has 2 aromatic carbocycles. The van der Waals surface area contributed by atoms with Gasteiger partial charge in [-0.25, -0.2) is 0 Å². The van der Waals surface area contributed by atoms with E-state index in [1.165, 1.54) is 17.5 Å². The van der Waals surface area contributed by atoms with Gasteiger partial charge >= 0.3 is 0 Å². The van der Waals surface area contributed by atoms with Crippen molar-refractivity contribution in [2.24, 2.45) is 11.8 Å². The Morgan fingerprint density at radius 2 is 1.67 bits per heavy atom. The molecule has 3 aliphatic rings. The van der Waals surface area contributed by atoms with Crippen molar-refractivity contribution in [2.75, 3.05) is 33.9 Å². The number of phenolic OH excluding ortho intramolecular Hbond substituents is 2. The predicted molar refractivity (Wildman–Crippen MR) is 128 cm³/mol. The van der Waals surface area contributed by atoms with E-state index in [1.54, 1.807) is 26.4 Å². The lowest BCUT2D eigenvalue weighted by atomic mass is 9.72. The third kappa shape index (κ3) is 4.04. The summed E-state index contributed by atoms with van der Waals surface area (Å²) in [5.41, 5.74) is 5.06. The van der Waals surface area contributed by atoms with Gasteiger partial charge in [-0.15, -0.1) is 0 Å². The molecule has 0 spiro atoms. The lowest BCUT2D eigenvalue weighted by Crippen LogP contribution is -2.46.